The van der Waals surface area contributed by atoms with E-state index in [1.165, 1.54) is 34.4 Å². The monoisotopic (exact) mass is 968 g/mol. The largest absolute Gasteiger partial charge is 0.497 e. The van der Waals surface area contributed by atoms with Crippen molar-refractivity contribution in [1.82, 2.24) is 9.80 Å². The smallest absolute Gasteiger partial charge is 0.405 e. The summed E-state index contributed by atoms with van der Waals surface area (Å²) in [6.07, 6.45) is 0.409. The first-order valence-corrected chi connectivity index (χ1v) is 23.5. The van der Waals surface area contributed by atoms with Crippen LogP contribution in [0.15, 0.2) is 89.4 Å². The zero-order chi connectivity index (χ0) is 48.2. The molecule has 0 saturated carbocycles. The Bertz CT molecular complexity index is 2340. The molecule has 2 amide bonds. The lowest BCUT2D eigenvalue weighted by Crippen LogP contribution is -2.41. The van der Waals surface area contributed by atoms with Gasteiger partial charge in [0.25, 0.3) is 0 Å². The first-order chi connectivity index (χ1) is 30.7. The van der Waals surface area contributed by atoms with Gasteiger partial charge >= 0.3 is 21.1 Å². The SMILES string of the molecule is CC1(C)OB(B2OC(C)(C)C(C)(C)O2)OC1(C)C.CC1(C)OB(c2ccc(CC(=O)N3Cc4ccccc4C3)cc2F)OC1(C)C.O=C(Cc1ccc(Br)c(F)c1)N1Cc2ccccc2C1. The Morgan fingerprint density at radius 1 is 0.500 bits per heavy atom. The molecule has 0 aliphatic carbocycles. The molecule has 5 heterocycles. The van der Waals surface area contributed by atoms with E-state index in [1.54, 1.807) is 24.3 Å². The van der Waals surface area contributed by atoms with Crippen LogP contribution in [0, 0.1) is 11.6 Å². The summed E-state index contributed by atoms with van der Waals surface area (Å²) >= 11 is 3.11. The average molecular weight is 969 g/mol. The van der Waals surface area contributed by atoms with Gasteiger partial charge in [-0.25, -0.2) is 8.78 Å². The van der Waals surface area contributed by atoms with Crippen molar-refractivity contribution < 1.29 is 46.3 Å². The molecule has 3 saturated heterocycles. The quantitative estimate of drug-likeness (QED) is 0.177. The fraction of sp³-hybridized carbons (Fsp3) is 0.480. The van der Waals surface area contributed by atoms with Crippen LogP contribution in [0.4, 0.5) is 8.78 Å². The van der Waals surface area contributed by atoms with Gasteiger partial charge in [0.15, 0.2) is 0 Å². The minimum Gasteiger partial charge on any atom is -0.405 e. The summed E-state index contributed by atoms with van der Waals surface area (Å²) in [4.78, 5) is 28.6. The van der Waals surface area contributed by atoms with Gasteiger partial charge < -0.3 is 37.7 Å². The molecule has 5 aliphatic rings. The Balaban J connectivity index is 0.000000152. The second-order valence-corrected chi connectivity index (χ2v) is 21.7. The van der Waals surface area contributed by atoms with Crippen molar-refractivity contribution in [3.8, 4) is 0 Å². The number of hydrogen-bond acceptors (Lipinski definition) is 8. The molecule has 0 atom stereocenters. The maximum Gasteiger partial charge on any atom is 0.497 e. The summed E-state index contributed by atoms with van der Waals surface area (Å²) in [6.45, 7) is 26.5. The van der Waals surface area contributed by atoms with Crippen LogP contribution < -0.4 is 5.46 Å². The van der Waals surface area contributed by atoms with Gasteiger partial charge in [-0.2, -0.15) is 0 Å². The number of fused-ring (bicyclic) bond motifs is 2. The third kappa shape index (κ3) is 10.5. The first-order valence-electron chi connectivity index (χ1n) is 22.7. The lowest BCUT2D eigenvalue weighted by atomic mass is 9.49. The Hall–Kier alpha value is -3.89. The standard InChI is InChI=1S/C22H25BFNO3.C16H13BrFNO.C12H24B2O4/c1-21(2)22(3,4)28-23(27-21)18-10-9-15(11-19(18)24)12-20(26)25-13-16-7-5-6-8-17(16)14-25;17-14-6-5-11(7-15(14)18)8-16(20)19-9-12-3-1-2-4-13(12)10-19;1-9(2)10(3,4)16-13(15-9)14-17-11(5,6)12(7,8)18-14/h5-11H,12-14H2,1-4H3;1-7H,8-10H2;1-8H3. The lowest BCUT2D eigenvalue weighted by Gasteiger charge is -2.32. The molecule has 0 aromatic heterocycles. The second kappa shape index (κ2) is 18.5. The highest BCUT2D eigenvalue weighted by Gasteiger charge is 2.63. The van der Waals surface area contributed by atoms with Gasteiger partial charge in [-0.1, -0.05) is 66.7 Å². The van der Waals surface area contributed by atoms with Crippen molar-refractivity contribution in [2.75, 3.05) is 0 Å². The van der Waals surface area contributed by atoms with Gasteiger partial charge in [-0.05, 0) is 151 Å². The Morgan fingerprint density at radius 2 is 0.818 bits per heavy atom. The third-order valence-corrected chi connectivity index (χ3v) is 15.1. The summed E-state index contributed by atoms with van der Waals surface area (Å²) < 4.78 is 64.3. The molecule has 66 heavy (non-hydrogen) atoms. The Labute approximate surface area is 398 Å². The molecule has 0 radical (unpaired) electrons. The van der Waals surface area contributed by atoms with E-state index in [0.29, 0.717) is 47.2 Å². The lowest BCUT2D eigenvalue weighted by molar-refractivity contribution is -0.131. The number of rotatable bonds is 6. The van der Waals surface area contributed by atoms with Gasteiger partial charge in [0, 0.05) is 31.6 Å². The number of benzene rings is 4. The third-order valence-electron chi connectivity index (χ3n) is 14.4. The summed E-state index contributed by atoms with van der Waals surface area (Å²) in [5.74, 6) is -0.713. The van der Waals surface area contributed by atoms with Gasteiger partial charge in [-0.15, -0.1) is 0 Å². The number of amides is 2. The summed E-state index contributed by atoms with van der Waals surface area (Å²) in [5, 5.41) is 0. The molecule has 10 nitrogen and oxygen atoms in total. The first kappa shape index (κ1) is 50.0. The number of nitrogens with zero attached hydrogens (tertiary/aromatic N) is 2. The van der Waals surface area contributed by atoms with Crippen LogP contribution in [0.3, 0.4) is 0 Å². The molecular formula is C50H62B3BrF2N2O8. The van der Waals surface area contributed by atoms with Gasteiger partial charge in [0.1, 0.15) is 11.6 Å². The predicted octanol–water partition coefficient (Wildman–Crippen LogP) is 9.13. The normalized spacial score (nSPS) is 21.2. The van der Waals surface area contributed by atoms with Gasteiger partial charge in [0.2, 0.25) is 11.8 Å². The van der Waals surface area contributed by atoms with Crippen molar-refractivity contribution in [2.24, 2.45) is 0 Å². The van der Waals surface area contributed by atoms with Crippen LogP contribution in [0.5, 0.6) is 0 Å². The van der Waals surface area contributed by atoms with E-state index in [4.69, 9.17) is 27.9 Å². The van der Waals surface area contributed by atoms with Gasteiger partial charge in [0.05, 0.1) is 50.9 Å². The van der Waals surface area contributed by atoms with Crippen LogP contribution in [-0.2, 0) is 76.5 Å². The second-order valence-electron chi connectivity index (χ2n) is 20.8. The van der Waals surface area contributed by atoms with Crippen LogP contribution >= 0.6 is 15.9 Å². The molecule has 4 aromatic rings. The van der Waals surface area contributed by atoms with E-state index in [9.17, 15) is 18.4 Å². The number of carbonyl (C=O) groups is 2. The zero-order valence-corrected chi connectivity index (χ0v) is 41.9. The number of carbonyl (C=O) groups excluding carboxylic acids is 2. The highest BCUT2D eigenvalue weighted by Crippen LogP contribution is 2.43. The minimum atomic E-state index is -0.747. The number of halogens is 3. The van der Waals surface area contributed by atoms with E-state index in [0.717, 1.165) is 0 Å². The fourth-order valence-corrected chi connectivity index (χ4v) is 8.33. The van der Waals surface area contributed by atoms with Crippen molar-refractivity contribution in [3.63, 3.8) is 0 Å². The topological polar surface area (TPSA) is 96.0 Å². The molecular weight excluding hydrogens is 907 g/mol. The molecule has 0 N–H and O–H groups in total. The van der Waals surface area contributed by atoms with E-state index in [2.05, 4.69) is 15.9 Å². The molecule has 3 fully saturated rings. The van der Waals surface area contributed by atoms with E-state index in [1.807, 2.05) is 141 Å². The maximum absolute atomic E-state index is 14.8. The summed E-state index contributed by atoms with van der Waals surface area (Å²) in [6, 6.07) is 25.8. The van der Waals surface area contributed by atoms with Crippen LogP contribution in [0.2, 0.25) is 0 Å². The maximum atomic E-state index is 14.8. The van der Waals surface area contributed by atoms with Crippen LogP contribution in [0.1, 0.15) is 116 Å². The molecule has 16 heteroatoms. The van der Waals surface area contributed by atoms with Gasteiger partial charge in [-0.3, -0.25) is 9.59 Å². The van der Waals surface area contributed by atoms with Crippen molar-refractivity contribution in [3.05, 3.63) is 134 Å². The minimum absolute atomic E-state index is 0.000942. The summed E-state index contributed by atoms with van der Waals surface area (Å²) in [7, 11) is -1.70. The highest BCUT2D eigenvalue weighted by molar-refractivity contribution is 9.10. The molecule has 0 bridgehead atoms. The van der Waals surface area contributed by atoms with Crippen LogP contribution in [-0.4, -0.2) is 76.4 Å². The summed E-state index contributed by atoms with van der Waals surface area (Å²) in [5.41, 5.74) is 3.98. The Morgan fingerprint density at radius 3 is 1.15 bits per heavy atom. The van der Waals surface area contributed by atoms with Crippen molar-refractivity contribution >= 4 is 54.3 Å². The number of hydrogen-bond donors (Lipinski definition) is 0. The molecule has 4 aromatic carbocycles. The van der Waals surface area contributed by atoms with Crippen LogP contribution in [0.25, 0.3) is 0 Å². The molecule has 0 unspecified atom stereocenters. The molecule has 5 aliphatic heterocycles. The van der Waals surface area contributed by atoms with E-state index >= 15 is 0 Å². The predicted molar refractivity (Wildman–Crippen MR) is 257 cm³/mol. The van der Waals surface area contributed by atoms with E-state index in [-0.39, 0.29) is 52.9 Å². The zero-order valence-electron chi connectivity index (χ0n) is 40.4. The Kier molecular flexibility index (Phi) is 14.1. The molecule has 350 valence electrons. The van der Waals surface area contributed by atoms with E-state index < -0.39 is 38.2 Å². The average Bonchev–Trinajstić information content (AvgIpc) is 4.00. The van der Waals surface area contributed by atoms with Crippen molar-refractivity contribution in [1.29, 1.82) is 0 Å². The fourth-order valence-electron chi connectivity index (χ4n) is 8.08. The molecule has 0 spiro atoms. The van der Waals surface area contributed by atoms with Crippen molar-refractivity contribution in [2.45, 2.75) is 156 Å². The molecule has 9 rings (SSSR count). The highest BCUT2D eigenvalue weighted by atomic mass is 79.9.